The molecule has 1 aromatic heterocycles. The van der Waals surface area contributed by atoms with E-state index in [-0.39, 0.29) is 52.3 Å². The van der Waals surface area contributed by atoms with Crippen LogP contribution < -0.4 is 4.90 Å². The molecular weight excluding hydrogens is 598 g/mol. The van der Waals surface area contributed by atoms with Crippen molar-refractivity contribution in [1.29, 1.82) is 0 Å². The van der Waals surface area contributed by atoms with Crippen LogP contribution >= 0.6 is 11.6 Å². The Kier molecular flexibility index (Phi) is 6.81. The number of aromatic nitrogens is 1. The van der Waals surface area contributed by atoms with Gasteiger partial charge >= 0.3 is 5.97 Å². The quantitative estimate of drug-likeness (QED) is 0.0601. The van der Waals surface area contributed by atoms with Gasteiger partial charge in [0.25, 0.3) is 5.69 Å². The summed E-state index contributed by atoms with van der Waals surface area (Å²) in [6.07, 6.45) is 4.95. The number of hydrogen-bond donors (Lipinski definition) is 0. The van der Waals surface area contributed by atoms with Gasteiger partial charge in [0, 0.05) is 33.7 Å². The number of halogens is 1. The zero-order valence-electron chi connectivity index (χ0n) is 23.8. The minimum Gasteiger partial charge on any atom is -0.454 e. The predicted molar refractivity (Wildman–Crippen MR) is 165 cm³/mol. The predicted octanol–water partition coefficient (Wildman–Crippen LogP) is 6.12. The first kappa shape index (κ1) is 28.5. The van der Waals surface area contributed by atoms with Crippen LogP contribution in [0.4, 0.5) is 11.4 Å². The summed E-state index contributed by atoms with van der Waals surface area (Å²) in [4.78, 5) is 69.1. The number of imide groups is 1. The molecule has 2 heterocycles. The van der Waals surface area contributed by atoms with E-state index in [0.29, 0.717) is 38.4 Å². The fourth-order valence-corrected chi connectivity index (χ4v) is 6.90. The minimum atomic E-state index is -0.788. The second kappa shape index (κ2) is 10.7. The molecule has 2 amide bonds. The number of benzene rings is 3. The molecule has 2 fully saturated rings. The summed E-state index contributed by atoms with van der Waals surface area (Å²) in [6, 6.07) is 16.9. The average Bonchev–Trinajstić information content (AvgIpc) is 3.74. The van der Waals surface area contributed by atoms with Gasteiger partial charge in [-0.1, -0.05) is 54.1 Å². The standard InChI is InChI=1S/C34H24ClN3O7/c1-17-26(35)12-11-24-25(34(42)45-16-28(39)19-3-2-4-23(14-19)38(43)44)15-27(36-31(17)24)18-7-9-22(10-8-18)37-32(40)29-20-5-6-21(13-20)30(29)33(37)41/h2-12,14-15,20-21,29-30H,13,16H2,1H3. The summed E-state index contributed by atoms with van der Waals surface area (Å²) in [5, 5.41) is 12.0. The number of ketones is 1. The molecule has 3 aliphatic rings. The summed E-state index contributed by atoms with van der Waals surface area (Å²) in [6.45, 7) is 1.15. The number of carbonyl (C=O) groups excluding carboxylic acids is 4. The van der Waals surface area contributed by atoms with Crippen LogP contribution in [-0.4, -0.2) is 40.1 Å². The number of nitro groups is 1. The second-order valence-electron chi connectivity index (χ2n) is 11.5. The van der Waals surface area contributed by atoms with Gasteiger partial charge in [0.05, 0.1) is 39.2 Å². The van der Waals surface area contributed by atoms with Crippen molar-refractivity contribution in [3.8, 4) is 11.3 Å². The van der Waals surface area contributed by atoms with Crippen LogP contribution in [0.3, 0.4) is 0 Å². The number of nitrogens with zero attached hydrogens (tertiary/aromatic N) is 3. The third kappa shape index (κ3) is 4.69. The summed E-state index contributed by atoms with van der Waals surface area (Å²) in [7, 11) is 0. The topological polar surface area (TPSA) is 137 Å². The Morgan fingerprint density at radius 2 is 1.69 bits per heavy atom. The van der Waals surface area contributed by atoms with Gasteiger partial charge in [-0.25, -0.2) is 9.78 Å². The van der Waals surface area contributed by atoms with Crippen molar-refractivity contribution in [3.05, 3.63) is 111 Å². The summed E-state index contributed by atoms with van der Waals surface area (Å²) in [5.41, 5.74) is 2.54. The van der Waals surface area contributed by atoms with E-state index in [4.69, 9.17) is 21.3 Å². The number of non-ortho nitro benzene ring substituents is 1. The number of allylic oxidation sites excluding steroid dienone is 2. The van der Waals surface area contributed by atoms with E-state index < -0.39 is 23.3 Å². The van der Waals surface area contributed by atoms with E-state index in [0.717, 1.165) is 12.5 Å². The van der Waals surface area contributed by atoms with Gasteiger partial charge in [0.15, 0.2) is 6.61 Å². The lowest BCUT2D eigenvalue weighted by Crippen LogP contribution is -2.32. The first-order chi connectivity index (χ1) is 21.6. The lowest BCUT2D eigenvalue weighted by molar-refractivity contribution is -0.384. The molecule has 45 heavy (non-hydrogen) atoms. The zero-order chi connectivity index (χ0) is 31.6. The van der Waals surface area contributed by atoms with Crippen LogP contribution in [-0.2, 0) is 14.3 Å². The number of fused-ring (bicyclic) bond motifs is 6. The van der Waals surface area contributed by atoms with Crippen molar-refractivity contribution in [2.75, 3.05) is 11.5 Å². The summed E-state index contributed by atoms with van der Waals surface area (Å²) >= 11 is 6.39. The number of hydrogen-bond acceptors (Lipinski definition) is 8. The van der Waals surface area contributed by atoms with Gasteiger partial charge < -0.3 is 4.74 Å². The van der Waals surface area contributed by atoms with Gasteiger partial charge in [0.1, 0.15) is 0 Å². The molecule has 0 radical (unpaired) electrons. The van der Waals surface area contributed by atoms with Crippen LogP contribution in [0.25, 0.3) is 22.2 Å². The molecule has 7 rings (SSSR count). The van der Waals surface area contributed by atoms with Gasteiger partial charge in [-0.15, -0.1) is 0 Å². The molecule has 1 saturated carbocycles. The third-order valence-corrected chi connectivity index (χ3v) is 9.40. The number of anilines is 1. The first-order valence-corrected chi connectivity index (χ1v) is 14.7. The lowest BCUT2D eigenvalue weighted by atomic mass is 9.85. The number of Topliss-reactive ketones (excluding diaryl/α,β-unsaturated/α-hetero) is 1. The number of carbonyl (C=O) groups is 4. The lowest BCUT2D eigenvalue weighted by Gasteiger charge is -2.18. The number of pyridine rings is 1. The molecule has 1 saturated heterocycles. The first-order valence-electron chi connectivity index (χ1n) is 14.3. The molecule has 4 aromatic rings. The van der Waals surface area contributed by atoms with Crippen molar-refractivity contribution in [2.45, 2.75) is 13.3 Å². The number of esters is 1. The maximum Gasteiger partial charge on any atom is 0.339 e. The summed E-state index contributed by atoms with van der Waals surface area (Å²) in [5.74, 6) is -2.13. The fraction of sp³-hybridized carbons (Fsp3) is 0.206. The Labute approximate surface area is 261 Å². The van der Waals surface area contributed by atoms with E-state index >= 15 is 0 Å². The highest BCUT2D eigenvalue weighted by atomic mass is 35.5. The van der Waals surface area contributed by atoms with Gasteiger partial charge in [-0.05, 0) is 55.0 Å². The average molecular weight is 622 g/mol. The van der Waals surface area contributed by atoms with E-state index in [1.165, 1.54) is 23.1 Å². The van der Waals surface area contributed by atoms with Crippen molar-refractivity contribution >= 4 is 57.4 Å². The Hall–Kier alpha value is -5.22. The van der Waals surface area contributed by atoms with Gasteiger partial charge in [-0.2, -0.15) is 0 Å². The van der Waals surface area contributed by atoms with E-state index in [1.54, 1.807) is 49.4 Å². The largest absolute Gasteiger partial charge is 0.454 e. The monoisotopic (exact) mass is 621 g/mol. The van der Waals surface area contributed by atoms with Crippen molar-refractivity contribution in [2.24, 2.45) is 23.7 Å². The third-order valence-electron chi connectivity index (χ3n) is 8.99. The number of rotatable bonds is 7. The van der Waals surface area contributed by atoms with E-state index in [2.05, 4.69) is 12.2 Å². The molecular formula is C34H24ClN3O7. The van der Waals surface area contributed by atoms with Crippen LogP contribution in [0.5, 0.6) is 0 Å². The number of nitro benzene ring substituents is 1. The summed E-state index contributed by atoms with van der Waals surface area (Å²) < 4.78 is 5.38. The second-order valence-corrected chi connectivity index (χ2v) is 11.9. The molecule has 4 atom stereocenters. The van der Waals surface area contributed by atoms with E-state index in [9.17, 15) is 29.3 Å². The van der Waals surface area contributed by atoms with Crippen LogP contribution in [0.15, 0.2) is 78.9 Å². The molecule has 4 unspecified atom stereocenters. The molecule has 0 spiro atoms. The fourth-order valence-electron chi connectivity index (χ4n) is 6.74. The molecule has 1 aliphatic heterocycles. The number of aryl methyl sites for hydroxylation is 1. The zero-order valence-corrected chi connectivity index (χ0v) is 24.6. The van der Waals surface area contributed by atoms with Crippen LogP contribution in [0.2, 0.25) is 5.02 Å². The van der Waals surface area contributed by atoms with Gasteiger partial charge in [-0.3, -0.25) is 29.4 Å². The smallest absolute Gasteiger partial charge is 0.339 e. The number of amides is 2. The normalized spacial score (nSPS) is 21.4. The molecule has 11 heteroatoms. The Bertz CT molecular complexity index is 1980. The Morgan fingerprint density at radius 3 is 2.36 bits per heavy atom. The van der Waals surface area contributed by atoms with E-state index in [1.807, 2.05) is 0 Å². The molecule has 224 valence electrons. The number of ether oxygens (including phenoxy) is 1. The van der Waals surface area contributed by atoms with Crippen LogP contribution in [0.1, 0.15) is 32.7 Å². The maximum absolute atomic E-state index is 13.4. The van der Waals surface area contributed by atoms with Crippen molar-refractivity contribution in [3.63, 3.8) is 0 Å². The van der Waals surface area contributed by atoms with Crippen molar-refractivity contribution < 1.29 is 28.8 Å². The molecule has 0 N–H and O–H groups in total. The molecule has 2 aliphatic carbocycles. The van der Waals surface area contributed by atoms with Gasteiger partial charge in [0.2, 0.25) is 17.6 Å². The molecule has 3 aromatic carbocycles. The molecule has 2 bridgehead atoms. The highest BCUT2D eigenvalue weighted by molar-refractivity contribution is 6.32. The molecule has 10 nitrogen and oxygen atoms in total. The maximum atomic E-state index is 13.4. The Morgan fingerprint density at radius 1 is 1.00 bits per heavy atom. The highest BCUT2D eigenvalue weighted by Gasteiger charge is 2.59. The highest BCUT2D eigenvalue weighted by Crippen LogP contribution is 2.53. The Balaban J connectivity index is 1.18. The van der Waals surface area contributed by atoms with Crippen molar-refractivity contribution in [1.82, 2.24) is 4.98 Å². The minimum absolute atomic E-state index is 0.0440. The van der Waals surface area contributed by atoms with Crippen LogP contribution in [0, 0.1) is 40.7 Å². The SMILES string of the molecule is Cc1c(Cl)ccc2c(C(=O)OCC(=O)c3cccc([N+](=O)[O-])c3)cc(-c3ccc(N4C(=O)C5C6C=CC(C6)C5C4=O)cc3)nc12.